The molecule has 1 aliphatic heterocycles. The number of benzene rings is 2. The largest absolute Gasteiger partial charge is 0.481 e. The minimum atomic E-state index is -0.450. The van der Waals surface area contributed by atoms with E-state index >= 15 is 0 Å². The number of H-pyrrole nitrogens is 1. The lowest BCUT2D eigenvalue weighted by Crippen LogP contribution is -2.31. The Morgan fingerprint density at radius 1 is 1.02 bits per heavy atom. The van der Waals surface area contributed by atoms with E-state index in [4.69, 9.17) is 10.5 Å². The average molecular weight is 621 g/mol. The van der Waals surface area contributed by atoms with Gasteiger partial charge in [-0.05, 0) is 60.4 Å². The third-order valence-corrected chi connectivity index (χ3v) is 7.61. The highest BCUT2D eigenvalue weighted by Gasteiger charge is 2.16. The number of aromatic amines is 1. The first-order valence-electron chi connectivity index (χ1n) is 14.7. The number of nitrogens with two attached hydrogens (primary N) is 1. The van der Waals surface area contributed by atoms with Crippen molar-refractivity contribution < 1.29 is 14.3 Å². The first-order chi connectivity index (χ1) is 22.2. The van der Waals surface area contributed by atoms with Gasteiger partial charge in [0.1, 0.15) is 5.69 Å². The molecular weight excluding hydrogens is 584 g/mol. The first-order valence-corrected chi connectivity index (χ1v) is 14.7. The van der Waals surface area contributed by atoms with Crippen LogP contribution >= 0.6 is 0 Å². The van der Waals surface area contributed by atoms with Crippen molar-refractivity contribution in [1.29, 1.82) is 0 Å². The highest BCUT2D eigenvalue weighted by atomic mass is 16.5. The van der Waals surface area contributed by atoms with Gasteiger partial charge in [0.2, 0.25) is 5.88 Å². The van der Waals surface area contributed by atoms with Crippen LogP contribution in [0, 0.1) is 13.8 Å². The number of methoxy groups -OCH3 is 1. The summed E-state index contributed by atoms with van der Waals surface area (Å²) < 4.78 is 5.13. The number of nitrogens with one attached hydrogen (secondary N) is 5. The molecule has 46 heavy (non-hydrogen) atoms. The predicted octanol–water partition coefficient (Wildman–Crippen LogP) is 3.75. The van der Waals surface area contributed by atoms with Crippen molar-refractivity contribution in [3.63, 3.8) is 0 Å². The van der Waals surface area contributed by atoms with Crippen molar-refractivity contribution in [2.24, 2.45) is 10.7 Å². The van der Waals surface area contributed by atoms with Crippen LogP contribution in [-0.4, -0.2) is 54.2 Å². The molecular formula is C34H36N8O4. The van der Waals surface area contributed by atoms with Crippen LogP contribution in [0.1, 0.15) is 27.2 Å². The summed E-state index contributed by atoms with van der Waals surface area (Å²) in [4.78, 5) is 50.2. The van der Waals surface area contributed by atoms with Crippen molar-refractivity contribution >= 4 is 34.6 Å². The fourth-order valence-corrected chi connectivity index (χ4v) is 5.00. The molecule has 12 nitrogen and oxygen atoms in total. The Morgan fingerprint density at radius 2 is 1.74 bits per heavy atom. The van der Waals surface area contributed by atoms with Crippen molar-refractivity contribution in [2.75, 3.05) is 42.7 Å². The van der Waals surface area contributed by atoms with E-state index in [-0.39, 0.29) is 23.4 Å². The third kappa shape index (κ3) is 7.48. The maximum atomic E-state index is 13.2. The van der Waals surface area contributed by atoms with Gasteiger partial charge in [0.25, 0.3) is 11.8 Å². The summed E-state index contributed by atoms with van der Waals surface area (Å²) in [6.45, 7) is 6.08. The van der Waals surface area contributed by atoms with Gasteiger partial charge in [0, 0.05) is 66.8 Å². The lowest BCUT2D eigenvalue weighted by molar-refractivity contribution is -0.112. The molecule has 0 saturated carbocycles. The zero-order chi connectivity index (χ0) is 32.6. The molecule has 0 radical (unpaired) electrons. The third-order valence-electron chi connectivity index (χ3n) is 7.61. The Labute approximate surface area is 266 Å². The van der Waals surface area contributed by atoms with Crippen LogP contribution < -0.4 is 37.2 Å². The normalized spacial score (nSPS) is 13.0. The number of pyridine rings is 2. The van der Waals surface area contributed by atoms with Gasteiger partial charge in [-0.15, -0.1) is 0 Å². The van der Waals surface area contributed by atoms with E-state index in [9.17, 15) is 14.4 Å². The SMILES string of the molecule is COc1cc(NCc2c[nH]c(C(=O)Nc3cccc(-c4cccc(NC(=O)C(N)=CC5=NCCNC5)c4C)c3C)cc2=O)ccn1. The standard InChI is InChI=1S/C34H36N8O4/c1-20-25(6-4-8-28(20)41-33(44)27(35)14-24-19-36-12-13-37-24)26-7-5-9-29(21(26)2)42-34(45)30-16-31(43)22(18-40-30)17-39-23-10-11-38-32(15-23)46-3/h4-11,14-16,18,36H,12-13,17,19,35H2,1-3H3,(H,38,39)(H,40,43)(H,41,44)(H,42,45). The van der Waals surface area contributed by atoms with E-state index in [0.717, 1.165) is 40.2 Å². The molecule has 236 valence electrons. The fraction of sp³-hybridized carbons (Fsp3) is 0.206. The lowest BCUT2D eigenvalue weighted by atomic mass is 9.94. The van der Waals surface area contributed by atoms with Gasteiger partial charge in [0.05, 0.1) is 25.1 Å². The van der Waals surface area contributed by atoms with Crippen molar-refractivity contribution in [1.82, 2.24) is 15.3 Å². The summed E-state index contributed by atoms with van der Waals surface area (Å²) in [6.07, 6.45) is 4.72. The second kappa shape index (κ2) is 14.4. The summed E-state index contributed by atoms with van der Waals surface area (Å²) >= 11 is 0. The van der Waals surface area contributed by atoms with Gasteiger partial charge < -0.3 is 36.7 Å². The summed E-state index contributed by atoms with van der Waals surface area (Å²) in [7, 11) is 1.53. The molecule has 2 amide bonds. The average Bonchev–Trinajstić information content (AvgIpc) is 3.06. The molecule has 7 N–H and O–H groups in total. The molecule has 0 unspecified atom stereocenters. The maximum absolute atomic E-state index is 13.2. The van der Waals surface area contributed by atoms with Crippen LogP contribution in [0.25, 0.3) is 11.1 Å². The number of aromatic nitrogens is 2. The van der Waals surface area contributed by atoms with E-state index in [1.165, 1.54) is 19.4 Å². The fourth-order valence-electron chi connectivity index (χ4n) is 5.00. The molecule has 0 bridgehead atoms. The molecule has 0 fully saturated rings. The van der Waals surface area contributed by atoms with Gasteiger partial charge >= 0.3 is 0 Å². The Bertz CT molecular complexity index is 1900. The van der Waals surface area contributed by atoms with E-state index in [1.807, 2.05) is 44.2 Å². The molecule has 4 aromatic rings. The number of anilines is 3. The van der Waals surface area contributed by atoms with Crippen LogP contribution in [0.2, 0.25) is 0 Å². The zero-order valence-electron chi connectivity index (χ0n) is 25.9. The predicted molar refractivity (Wildman–Crippen MR) is 181 cm³/mol. The van der Waals surface area contributed by atoms with Gasteiger partial charge in [-0.2, -0.15) is 0 Å². The van der Waals surface area contributed by atoms with Crippen molar-refractivity contribution in [3.8, 4) is 17.0 Å². The van der Waals surface area contributed by atoms with Gasteiger partial charge in [0.15, 0.2) is 5.43 Å². The summed E-state index contributed by atoms with van der Waals surface area (Å²) in [6, 6.07) is 16.0. The first kappa shape index (κ1) is 31.7. The van der Waals surface area contributed by atoms with Crippen LogP contribution in [0.4, 0.5) is 17.1 Å². The highest BCUT2D eigenvalue weighted by molar-refractivity contribution is 6.09. The molecule has 3 heterocycles. The number of carbonyl (C=O) groups is 2. The quantitative estimate of drug-likeness (QED) is 0.145. The molecule has 5 rings (SSSR count). The molecule has 12 heteroatoms. The van der Waals surface area contributed by atoms with Crippen molar-refractivity contribution in [2.45, 2.75) is 20.4 Å². The summed E-state index contributed by atoms with van der Waals surface area (Å²) in [5, 5.41) is 12.2. The van der Waals surface area contributed by atoms with Gasteiger partial charge in [-0.1, -0.05) is 24.3 Å². The number of aliphatic imine (C=N–C) groups is 1. The minimum absolute atomic E-state index is 0.0740. The minimum Gasteiger partial charge on any atom is -0.481 e. The van der Waals surface area contributed by atoms with Crippen LogP contribution in [0.3, 0.4) is 0 Å². The van der Waals surface area contributed by atoms with E-state index in [2.05, 4.69) is 36.2 Å². The molecule has 2 aromatic carbocycles. The van der Waals surface area contributed by atoms with Crippen LogP contribution in [0.5, 0.6) is 5.88 Å². The Hall–Kier alpha value is -5.75. The van der Waals surface area contributed by atoms with Gasteiger partial charge in [-0.25, -0.2) is 4.98 Å². The van der Waals surface area contributed by atoms with Crippen molar-refractivity contribution in [3.05, 3.63) is 111 Å². The summed E-state index contributed by atoms with van der Waals surface area (Å²) in [5.74, 6) is -0.412. The number of amides is 2. The van der Waals surface area contributed by atoms with E-state index in [1.54, 1.807) is 30.5 Å². The number of carbonyl (C=O) groups excluding carboxylic acids is 2. The van der Waals surface area contributed by atoms with Gasteiger partial charge in [-0.3, -0.25) is 19.4 Å². The molecule has 2 aromatic heterocycles. The lowest BCUT2D eigenvalue weighted by Gasteiger charge is -2.17. The smallest absolute Gasteiger partial charge is 0.272 e. The van der Waals surface area contributed by atoms with E-state index < -0.39 is 11.8 Å². The van der Waals surface area contributed by atoms with Crippen LogP contribution in [-0.2, 0) is 11.3 Å². The van der Waals surface area contributed by atoms with E-state index in [0.29, 0.717) is 35.9 Å². The number of nitrogens with zero attached hydrogens (tertiary/aromatic N) is 2. The zero-order valence-corrected chi connectivity index (χ0v) is 25.9. The number of hydrogen-bond acceptors (Lipinski definition) is 9. The number of rotatable bonds is 10. The monoisotopic (exact) mass is 620 g/mol. The topological polar surface area (TPSA) is 176 Å². The van der Waals surface area contributed by atoms with Crippen LogP contribution in [0.15, 0.2) is 88.6 Å². The highest BCUT2D eigenvalue weighted by Crippen LogP contribution is 2.34. The molecule has 0 saturated heterocycles. The molecule has 0 atom stereocenters. The second-order valence-electron chi connectivity index (χ2n) is 10.7. The molecule has 0 aliphatic carbocycles. The number of ether oxygens (including phenoxy) is 1. The second-order valence-corrected chi connectivity index (χ2v) is 10.7. The Morgan fingerprint density at radius 3 is 2.39 bits per heavy atom. The Balaban J connectivity index is 1.29. The number of hydrogen-bond donors (Lipinski definition) is 6. The molecule has 0 spiro atoms. The summed E-state index contributed by atoms with van der Waals surface area (Å²) in [5.41, 5.74) is 12.6. The maximum Gasteiger partial charge on any atom is 0.272 e. The Kier molecular flexibility index (Phi) is 9.88. The molecule has 1 aliphatic rings.